The van der Waals surface area contributed by atoms with Gasteiger partial charge in [0, 0.05) is 6.04 Å². The topological polar surface area (TPSA) is 81.9 Å². The third kappa shape index (κ3) is 3.56. The Morgan fingerprint density at radius 1 is 1.45 bits per heavy atom. The first-order valence-corrected chi connectivity index (χ1v) is 8.19. The summed E-state index contributed by atoms with van der Waals surface area (Å²) in [5.74, 6) is 1.02. The van der Waals surface area contributed by atoms with Gasteiger partial charge in [0.2, 0.25) is 11.1 Å². The van der Waals surface area contributed by atoms with Crippen LogP contribution in [-0.2, 0) is 4.79 Å². The van der Waals surface area contributed by atoms with Crippen LogP contribution < -0.4 is 10.1 Å². The predicted molar refractivity (Wildman–Crippen MR) is 82.2 cm³/mol. The Balaban J connectivity index is 1.72. The van der Waals surface area contributed by atoms with Gasteiger partial charge >= 0.3 is 0 Å². The summed E-state index contributed by atoms with van der Waals surface area (Å²) in [5, 5.41) is 15.2. The maximum Gasteiger partial charge on any atom is 0.230 e. The number of thioether (sulfide) groups is 1. The first-order chi connectivity index (χ1) is 10.8. The Morgan fingerprint density at radius 2 is 2.27 bits per heavy atom. The number of aromatic nitrogens is 4. The van der Waals surface area contributed by atoms with Crippen LogP contribution in [0.15, 0.2) is 29.4 Å². The van der Waals surface area contributed by atoms with Crippen molar-refractivity contribution in [2.45, 2.75) is 31.0 Å². The van der Waals surface area contributed by atoms with E-state index >= 15 is 0 Å². The molecular formula is C14H17N5O2S. The summed E-state index contributed by atoms with van der Waals surface area (Å²) in [6, 6.07) is 7.91. The van der Waals surface area contributed by atoms with Crippen LogP contribution in [0.2, 0.25) is 0 Å². The minimum Gasteiger partial charge on any atom is -0.492 e. The molecule has 3 rings (SSSR count). The minimum absolute atomic E-state index is 0.0140. The fourth-order valence-corrected chi connectivity index (χ4v) is 2.65. The Morgan fingerprint density at radius 3 is 3.05 bits per heavy atom. The number of carbonyl (C=O) groups excluding carboxylic acids is 1. The molecule has 0 atom stereocenters. The molecule has 0 spiro atoms. The van der Waals surface area contributed by atoms with Crippen molar-refractivity contribution in [3.63, 3.8) is 0 Å². The fraction of sp³-hybridized carbons (Fsp3) is 0.429. The molecule has 1 saturated carbocycles. The summed E-state index contributed by atoms with van der Waals surface area (Å²) in [6.07, 6.45) is 2.16. The molecule has 0 unspecified atom stereocenters. The molecule has 2 aromatic rings. The van der Waals surface area contributed by atoms with E-state index in [2.05, 4.69) is 20.8 Å². The molecule has 1 N–H and O–H groups in total. The molecule has 1 aromatic carbocycles. The van der Waals surface area contributed by atoms with Crippen LogP contribution in [0.1, 0.15) is 19.8 Å². The molecule has 0 saturated heterocycles. The summed E-state index contributed by atoms with van der Waals surface area (Å²) in [5.41, 5.74) is 0.763. The molecule has 1 aromatic heterocycles. The summed E-state index contributed by atoms with van der Waals surface area (Å²) >= 11 is 1.31. The van der Waals surface area contributed by atoms with Crippen LogP contribution in [-0.4, -0.2) is 44.5 Å². The molecule has 0 radical (unpaired) electrons. The first kappa shape index (κ1) is 14.8. The van der Waals surface area contributed by atoms with Crippen LogP contribution in [0.5, 0.6) is 5.75 Å². The molecule has 0 bridgehead atoms. The largest absolute Gasteiger partial charge is 0.492 e. The molecule has 116 valence electrons. The molecular weight excluding hydrogens is 302 g/mol. The van der Waals surface area contributed by atoms with E-state index in [1.54, 1.807) is 4.68 Å². The zero-order valence-corrected chi connectivity index (χ0v) is 13.0. The number of benzene rings is 1. The molecule has 1 heterocycles. The summed E-state index contributed by atoms with van der Waals surface area (Å²) < 4.78 is 7.19. The normalized spacial score (nSPS) is 13.9. The van der Waals surface area contributed by atoms with E-state index in [9.17, 15) is 4.79 Å². The number of hydrogen-bond donors (Lipinski definition) is 1. The maximum atomic E-state index is 11.8. The number of nitrogens with zero attached hydrogens (tertiary/aromatic N) is 4. The highest BCUT2D eigenvalue weighted by atomic mass is 32.2. The highest BCUT2D eigenvalue weighted by Gasteiger charge is 2.23. The summed E-state index contributed by atoms with van der Waals surface area (Å²) in [4.78, 5) is 11.8. The van der Waals surface area contributed by atoms with Gasteiger partial charge in [-0.3, -0.25) is 4.79 Å². The Kier molecular flexibility index (Phi) is 4.57. The molecule has 22 heavy (non-hydrogen) atoms. The van der Waals surface area contributed by atoms with Gasteiger partial charge in [0.1, 0.15) is 11.4 Å². The zero-order valence-electron chi connectivity index (χ0n) is 12.2. The summed E-state index contributed by atoms with van der Waals surface area (Å²) in [7, 11) is 0. The van der Waals surface area contributed by atoms with Crippen molar-refractivity contribution in [1.82, 2.24) is 25.5 Å². The molecule has 1 aliphatic carbocycles. The quantitative estimate of drug-likeness (QED) is 0.778. The summed E-state index contributed by atoms with van der Waals surface area (Å²) in [6.45, 7) is 2.49. The van der Waals surface area contributed by atoms with Crippen molar-refractivity contribution in [3.05, 3.63) is 24.3 Å². The number of amides is 1. The van der Waals surface area contributed by atoms with Crippen LogP contribution in [0.3, 0.4) is 0 Å². The van der Waals surface area contributed by atoms with Crippen molar-refractivity contribution in [1.29, 1.82) is 0 Å². The average Bonchev–Trinajstić information content (AvgIpc) is 3.21. The average molecular weight is 319 g/mol. The fourth-order valence-electron chi connectivity index (χ4n) is 1.96. The number of hydrogen-bond acceptors (Lipinski definition) is 6. The molecule has 0 aliphatic heterocycles. The number of ether oxygens (including phenoxy) is 1. The number of nitrogens with one attached hydrogen (secondary N) is 1. The van der Waals surface area contributed by atoms with Gasteiger partial charge in [-0.1, -0.05) is 23.9 Å². The molecule has 8 heteroatoms. The standard InChI is InChI=1S/C14H17N5O2S/c1-2-21-12-6-4-3-5-11(12)19-14(16-17-18-19)22-9-13(20)15-10-7-8-10/h3-6,10H,2,7-9H2,1H3,(H,15,20). The van der Waals surface area contributed by atoms with E-state index < -0.39 is 0 Å². The smallest absolute Gasteiger partial charge is 0.230 e. The highest BCUT2D eigenvalue weighted by molar-refractivity contribution is 7.99. The lowest BCUT2D eigenvalue weighted by Gasteiger charge is -2.10. The lowest BCUT2D eigenvalue weighted by Crippen LogP contribution is -2.27. The van der Waals surface area contributed by atoms with Gasteiger partial charge in [0.05, 0.1) is 12.4 Å². The second kappa shape index (κ2) is 6.78. The van der Waals surface area contributed by atoms with Crippen LogP contribution in [0.4, 0.5) is 0 Å². The van der Waals surface area contributed by atoms with Crippen molar-refractivity contribution in [2.24, 2.45) is 0 Å². The van der Waals surface area contributed by atoms with Crippen LogP contribution in [0.25, 0.3) is 5.69 Å². The van der Waals surface area contributed by atoms with Crippen LogP contribution >= 0.6 is 11.8 Å². The van der Waals surface area contributed by atoms with E-state index in [4.69, 9.17) is 4.74 Å². The van der Waals surface area contributed by atoms with Gasteiger partial charge in [-0.05, 0) is 42.3 Å². The second-order valence-corrected chi connectivity index (χ2v) is 5.85. The van der Waals surface area contributed by atoms with E-state index in [1.807, 2.05) is 31.2 Å². The van der Waals surface area contributed by atoms with Crippen molar-refractivity contribution in [3.8, 4) is 11.4 Å². The number of carbonyl (C=O) groups is 1. The maximum absolute atomic E-state index is 11.8. The highest BCUT2D eigenvalue weighted by Crippen LogP contribution is 2.26. The van der Waals surface area contributed by atoms with E-state index in [-0.39, 0.29) is 5.91 Å². The molecule has 7 nitrogen and oxygen atoms in total. The second-order valence-electron chi connectivity index (χ2n) is 4.90. The predicted octanol–water partition coefficient (Wildman–Crippen LogP) is 1.43. The van der Waals surface area contributed by atoms with E-state index in [0.717, 1.165) is 18.5 Å². The van der Waals surface area contributed by atoms with Gasteiger partial charge in [0.15, 0.2) is 0 Å². The zero-order chi connectivity index (χ0) is 15.4. The number of para-hydroxylation sites is 2. The van der Waals surface area contributed by atoms with E-state index in [0.29, 0.717) is 29.3 Å². The lowest BCUT2D eigenvalue weighted by atomic mass is 10.3. The number of tetrazole rings is 1. The monoisotopic (exact) mass is 319 g/mol. The SMILES string of the molecule is CCOc1ccccc1-n1nnnc1SCC(=O)NC1CC1. The number of rotatable bonds is 7. The van der Waals surface area contributed by atoms with Gasteiger partial charge in [0.25, 0.3) is 0 Å². The molecule has 1 fully saturated rings. The van der Waals surface area contributed by atoms with Crippen LogP contribution in [0, 0.1) is 0 Å². The Labute approximate surface area is 132 Å². The van der Waals surface area contributed by atoms with Gasteiger partial charge in [-0.2, -0.15) is 4.68 Å². The Hall–Kier alpha value is -2.09. The Bertz CT molecular complexity index is 656. The van der Waals surface area contributed by atoms with Gasteiger partial charge in [-0.15, -0.1) is 5.10 Å². The third-order valence-electron chi connectivity index (χ3n) is 3.11. The van der Waals surface area contributed by atoms with Crippen molar-refractivity contribution >= 4 is 17.7 Å². The van der Waals surface area contributed by atoms with Gasteiger partial charge < -0.3 is 10.1 Å². The first-order valence-electron chi connectivity index (χ1n) is 7.20. The lowest BCUT2D eigenvalue weighted by molar-refractivity contribution is -0.118. The van der Waals surface area contributed by atoms with Crippen molar-refractivity contribution in [2.75, 3.05) is 12.4 Å². The van der Waals surface area contributed by atoms with Gasteiger partial charge in [-0.25, -0.2) is 0 Å². The molecule has 1 aliphatic rings. The van der Waals surface area contributed by atoms with E-state index in [1.165, 1.54) is 11.8 Å². The molecule has 1 amide bonds. The van der Waals surface area contributed by atoms with Crippen molar-refractivity contribution < 1.29 is 9.53 Å². The minimum atomic E-state index is 0.0140. The third-order valence-corrected chi connectivity index (χ3v) is 4.03.